The lowest BCUT2D eigenvalue weighted by Crippen LogP contribution is -2.44. The molecule has 8 heteroatoms. The molecular weight excluding hydrogens is 392 g/mol. The SMILES string of the molecule is CCNC(=NCc1ccc(N2CCN(C)CC2)nc1)NCCCOCC1CCOCC1. The van der Waals surface area contributed by atoms with Crippen LogP contribution in [0.3, 0.4) is 0 Å². The summed E-state index contributed by atoms with van der Waals surface area (Å²) in [4.78, 5) is 14.1. The van der Waals surface area contributed by atoms with E-state index in [1.54, 1.807) is 0 Å². The van der Waals surface area contributed by atoms with Gasteiger partial charge in [-0.05, 0) is 50.8 Å². The molecule has 2 saturated heterocycles. The normalized spacial score (nSPS) is 18.9. The Kier molecular flexibility index (Phi) is 10.3. The molecule has 0 saturated carbocycles. The number of rotatable bonds is 10. The maximum atomic E-state index is 5.84. The van der Waals surface area contributed by atoms with E-state index in [1.807, 2.05) is 6.20 Å². The molecule has 3 rings (SSSR count). The molecule has 3 heterocycles. The molecule has 31 heavy (non-hydrogen) atoms. The van der Waals surface area contributed by atoms with Crippen LogP contribution in [-0.2, 0) is 16.0 Å². The van der Waals surface area contributed by atoms with Gasteiger partial charge in [0.15, 0.2) is 5.96 Å². The molecule has 2 aliphatic rings. The quantitative estimate of drug-likeness (QED) is 0.331. The number of guanidine groups is 1. The first-order valence-electron chi connectivity index (χ1n) is 11.8. The third-order valence-corrected chi connectivity index (χ3v) is 5.85. The molecule has 0 radical (unpaired) electrons. The topological polar surface area (TPSA) is 74.3 Å². The van der Waals surface area contributed by atoms with Crippen molar-refractivity contribution in [1.82, 2.24) is 20.5 Å². The number of likely N-dealkylation sites (N-methyl/N-ethyl adjacent to an activating group) is 1. The van der Waals surface area contributed by atoms with Gasteiger partial charge in [0.2, 0.25) is 0 Å². The van der Waals surface area contributed by atoms with Crippen LogP contribution in [0, 0.1) is 5.92 Å². The second kappa shape index (κ2) is 13.5. The van der Waals surface area contributed by atoms with Gasteiger partial charge in [-0.2, -0.15) is 0 Å². The van der Waals surface area contributed by atoms with Crippen LogP contribution in [0.15, 0.2) is 23.3 Å². The van der Waals surface area contributed by atoms with Crippen LogP contribution in [0.4, 0.5) is 5.82 Å². The van der Waals surface area contributed by atoms with Crippen molar-refractivity contribution in [3.63, 3.8) is 0 Å². The van der Waals surface area contributed by atoms with Crippen LogP contribution in [0.2, 0.25) is 0 Å². The zero-order valence-electron chi connectivity index (χ0n) is 19.3. The Morgan fingerprint density at radius 1 is 1.19 bits per heavy atom. The molecule has 174 valence electrons. The molecular formula is C23H40N6O2. The van der Waals surface area contributed by atoms with Crippen LogP contribution in [0.5, 0.6) is 0 Å². The van der Waals surface area contributed by atoms with Gasteiger partial charge in [-0.25, -0.2) is 9.98 Å². The molecule has 2 fully saturated rings. The number of anilines is 1. The summed E-state index contributed by atoms with van der Waals surface area (Å²) in [6.45, 7) is 12.0. The second-order valence-electron chi connectivity index (χ2n) is 8.42. The fourth-order valence-corrected chi connectivity index (χ4v) is 3.79. The molecule has 1 aromatic rings. The minimum atomic E-state index is 0.617. The number of piperazine rings is 1. The number of hydrogen-bond donors (Lipinski definition) is 2. The van der Waals surface area contributed by atoms with E-state index in [1.165, 1.54) is 0 Å². The number of nitrogens with zero attached hydrogens (tertiary/aromatic N) is 4. The molecule has 8 nitrogen and oxygen atoms in total. The van der Waals surface area contributed by atoms with Crippen LogP contribution in [0.25, 0.3) is 0 Å². The Bertz CT molecular complexity index is 640. The average molecular weight is 433 g/mol. The second-order valence-corrected chi connectivity index (χ2v) is 8.42. The number of hydrogen-bond acceptors (Lipinski definition) is 6. The van der Waals surface area contributed by atoms with Gasteiger partial charge in [0, 0.05) is 71.9 Å². The minimum absolute atomic E-state index is 0.617. The van der Waals surface area contributed by atoms with Crippen molar-refractivity contribution < 1.29 is 9.47 Å². The van der Waals surface area contributed by atoms with E-state index < -0.39 is 0 Å². The van der Waals surface area contributed by atoms with Gasteiger partial charge in [-0.15, -0.1) is 0 Å². The van der Waals surface area contributed by atoms with Crippen LogP contribution in [-0.4, -0.2) is 88.6 Å². The fourth-order valence-electron chi connectivity index (χ4n) is 3.79. The first-order valence-corrected chi connectivity index (χ1v) is 11.8. The number of pyridine rings is 1. The van der Waals surface area contributed by atoms with Crippen LogP contribution < -0.4 is 15.5 Å². The lowest BCUT2D eigenvalue weighted by Gasteiger charge is -2.33. The Morgan fingerprint density at radius 3 is 2.71 bits per heavy atom. The largest absolute Gasteiger partial charge is 0.381 e. The Balaban J connectivity index is 1.35. The summed E-state index contributed by atoms with van der Waals surface area (Å²) in [5.74, 6) is 2.57. The summed E-state index contributed by atoms with van der Waals surface area (Å²) in [7, 11) is 2.17. The van der Waals surface area contributed by atoms with E-state index in [4.69, 9.17) is 14.5 Å². The predicted octanol–water partition coefficient (Wildman–Crippen LogP) is 1.72. The average Bonchev–Trinajstić information content (AvgIpc) is 2.81. The molecule has 2 aliphatic heterocycles. The highest BCUT2D eigenvalue weighted by Gasteiger charge is 2.15. The smallest absolute Gasteiger partial charge is 0.191 e. The van der Waals surface area contributed by atoms with Crippen LogP contribution in [0.1, 0.15) is 31.7 Å². The molecule has 0 aromatic carbocycles. The summed E-state index contributed by atoms with van der Waals surface area (Å²) in [5.41, 5.74) is 1.12. The zero-order valence-corrected chi connectivity index (χ0v) is 19.3. The first kappa shape index (κ1) is 23.8. The van der Waals surface area contributed by atoms with Crippen molar-refractivity contribution in [2.75, 3.05) is 77.6 Å². The Hall–Kier alpha value is -1.90. The van der Waals surface area contributed by atoms with E-state index in [0.29, 0.717) is 12.5 Å². The van der Waals surface area contributed by atoms with Gasteiger partial charge in [0.1, 0.15) is 5.82 Å². The number of ether oxygens (including phenoxy) is 2. The highest BCUT2D eigenvalue weighted by Crippen LogP contribution is 2.15. The number of aliphatic imine (C=N–C) groups is 1. The fraction of sp³-hybridized carbons (Fsp3) is 0.739. The summed E-state index contributed by atoms with van der Waals surface area (Å²) in [5, 5.41) is 6.72. The van der Waals surface area contributed by atoms with Crippen molar-refractivity contribution >= 4 is 11.8 Å². The standard InChI is InChI=1S/C23H40N6O2/c1-3-24-23(25-9-4-14-31-19-20-7-15-30-16-8-20)27-18-21-5-6-22(26-17-21)29-12-10-28(2)11-13-29/h5-6,17,20H,3-4,7-16,18-19H2,1-2H3,(H2,24,25,27). The van der Waals surface area contributed by atoms with E-state index >= 15 is 0 Å². The van der Waals surface area contributed by atoms with E-state index in [9.17, 15) is 0 Å². The Morgan fingerprint density at radius 2 is 2.00 bits per heavy atom. The highest BCUT2D eigenvalue weighted by molar-refractivity contribution is 5.79. The molecule has 0 bridgehead atoms. The maximum absolute atomic E-state index is 5.84. The van der Waals surface area contributed by atoms with Gasteiger partial charge in [0.25, 0.3) is 0 Å². The summed E-state index contributed by atoms with van der Waals surface area (Å²) < 4.78 is 11.2. The monoisotopic (exact) mass is 432 g/mol. The lowest BCUT2D eigenvalue weighted by molar-refractivity contribution is 0.0203. The van der Waals surface area contributed by atoms with Crippen molar-refractivity contribution in [2.24, 2.45) is 10.9 Å². The van der Waals surface area contributed by atoms with E-state index in [2.05, 4.69) is 51.5 Å². The molecule has 0 amide bonds. The third-order valence-electron chi connectivity index (χ3n) is 5.85. The predicted molar refractivity (Wildman–Crippen MR) is 126 cm³/mol. The summed E-state index contributed by atoms with van der Waals surface area (Å²) in [6, 6.07) is 4.25. The van der Waals surface area contributed by atoms with Crippen molar-refractivity contribution in [2.45, 2.75) is 32.7 Å². The molecule has 0 spiro atoms. The Labute approximate surface area is 187 Å². The van der Waals surface area contributed by atoms with Gasteiger partial charge < -0.3 is 29.9 Å². The first-order chi connectivity index (χ1) is 15.2. The van der Waals surface area contributed by atoms with Gasteiger partial charge in [0.05, 0.1) is 6.54 Å². The summed E-state index contributed by atoms with van der Waals surface area (Å²) in [6.07, 6.45) is 5.17. The van der Waals surface area contributed by atoms with E-state index in [-0.39, 0.29) is 0 Å². The van der Waals surface area contributed by atoms with Crippen molar-refractivity contribution in [3.05, 3.63) is 23.9 Å². The number of aromatic nitrogens is 1. The zero-order chi connectivity index (χ0) is 21.7. The van der Waals surface area contributed by atoms with Gasteiger partial charge in [-0.3, -0.25) is 0 Å². The number of nitrogens with one attached hydrogen (secondary N) is 2. The molecule has 0 atom stereocenters. The van der Waals surface area contributed by atoms with Crippen molar-refractivity contribution in [1.29, 1.82) is 0 Å². The molecule has 1 aromatic heterocycles. The molecule has 2 N–H and O–H groups in total. The minimum Gasteiger partial charge on any atom is -0.381 e. The van der Waals surface area contributed by atoms with Gasteiger partial charge >= 0.3 is 0 Å². The molecule has 0 unspecified atom stereocenters. The van der Waals surface area contributed by atoms with Gasteiger partial charge in [-0.1, -0.05) is 6.07 Å². The van der Waals surface area contributed by atoms with E-state index in [0.717, 1.165) is 102 Å². The molecule has 0 aliphatic carbocycles. The van der Waals surface area contributed by atoms with Crippen LogP contribution >= 0.6 is 0 Å². The highest BCUT2D eigenvalue weighted by atomic mass is 16.5. The maximum Gasteiger partial charge on any atom is 0.191 e. The lowest BCUT2D eigenvalue weighted by atomic mass is 10.0. The van der Waals surface area contributed by atoms with Crippen molar-refractivity contribution in [3.8, 4) is 0 Å². The third kappa shape index (κ3) is 8.63. The summed E-state index contributed by atoms with van der Waals surface area (Å²) >= 11 is 0.